The van der Waals surface area contributed by atoms with Gasteiger partial charge in [-0.1, -0.05) is 13.0 Å². The molecule has 1 aromatic carbocycles. The molecular formula is C19H25N3O. The van der Waals surface area contributed by atoms with Crippen LogP contribution in [-0.2, 0) is 6.42 Å². The highest BCUT2D eigenvalue weighted by atomic mass is 16.5. The van der Waals surface area contributed by atoms with Crippen LogP contribution in [0.1, 0.15) is 30.9 Å². The molecule has 1 saturated heterocycles. The Morgan fingerprint density at radius 2 is 1.96 bits per heavy atom. The molecule has 1 aliphatic rings. The van der Waals surface area contributed by atoms with Crippen LogP contribution >= 0.6 is 0 Å². The van der Waals surface area contributed by atoms with Gasteiger partial charge in [0.05, 0.1) is 7.11 Å². The average Bonchev–Trinajstić information content (AvgIpc) is 3.11. The smallest absolute Gasteiger partial charge is 0.214 e. The van der Waals surface area contributed by atoms with E-state index in [4.69, 9.17) is 4.74 Å². The van der Waals surface area contributed by atoms with Crippen LogP contribution in [0.4, 0.5) is 17.2 Å². The summed E-state index contributed by atoms with van der Waals surface area (Å²) in [6.45, 7) is 6.62. The van der Waals surface area contributed by atoms with Crippen molar-refractivity contribution in [1.82, 2.24) is 4.98 Å². The number of aromatic nitrogens is 1. The van der Waals surface area contributed by atoms with Crippen LogP contribution in [0.3, 0.4) is 0 Å². The summed E-state index contributed by atoms with van der Waals surface area (Å²) < 4.78 is 5.22. The summed E-state index contributed by atoms with van der Waals surface area (Å²) in [5.74, 6) is 1.47. The monoisotopic (exact) mass is 311 g/mol. The van der Waals surface area contributed by atoms with Gasteiger partial charge in [-0.15, -0.1) is 0 Å². The summed E-state index contributed by atoms with van der Waals surface area (Å²) in [4.78, 5) is 7.00. The summed E-state index contributed by atoms with van der Waals surface area (Å²) >= 11 is 0. The van der Waals surface area contributed by atoms with Crippen molar-refractivity contribution in [3.05, 3.63) is 41.5 Å². The third-order valence-corrected chi connectivity index (χ3v) is 4.45. The van der Waals surface area contributed by atoms with Gasteiger partial charge in [-0.2, -0.15) is 4.98 Å². The van der Waals surface area contributed by atoms with Crippen LogP contribution < -0.4 is 15.0 Å². The Morgan fingerprint density at radius 1 is 1.17 bits per heavy atom. The van der Waals surface area contributed by atoms with E-state index in [2.05, 4.69) is 40.3 Å². The predicted octanol–water partition coefficient (Wildman–Crippen LogP) is 4.30. The first kappa shape index (κ1) is 15.7. The molecule has 1 aromatic heterocycles. The molecule has 0 aliphatic carbocycles. The zero-order chi connectivity index (χ0) is 16.2. The number of rotatable bonds is 5. The van der Waals surface area contributed by atoms with E-state index in [1.807, 2.05) is 19.1 Å². The van der Waals surface area contributed by atoms with Gasteiger partial charge in [0.2, 0.25) is 5.88 Å². The van der Waals surface area contributed by atoms with Crippen molar-refractivity contribution in [2.75, 3.05) is 30.4 Å². The molecule has 0 amide bonds. The van der Waals surface area contributed by atoms with E-state index < -0.39 is 0 Å². The normalized spacial score (nSPS) is 14.1. The molecule has 0 spiro atoms. The Balaban J connectivity index is 1.86. The second kappa shape index (κ2) is 6.90. The number of hydrogen-bond acceptors (Lipinski definition) is 4. The third kappa shape index (κ3) is 3.41. The quantitative estimate of drug-likeness (QED) is 0.893. The summed E-state index contributed by atoms with van der Waals surface area (Å²) in [5, 5.41) is 3.43. The van der Waals surface area contributed by atoms with Crippen molar-refractivity contribution in [2.24, 2.45) is 0 Å². The SMILES string of the molecule is CCc1cc(Nc2nc(OC)ccc2C)ccc1N1CCCC1. The molecule has 1 aliphatic heterocycles. The maximum atomic E-state index is 5.22. The van der Waals surface area contributed by atoms with Crippen LogP contribution in [0.5, 0.6) is 5.88 Å². The molecule has 2 aromatic rings. The highest BCUT2D eigenvalue weighted by Gasteiger charge is 2.15. The van der Waals surface area contributed by atoms with E-state index in [0.717, 1.165) is 23.5 Å². The molecule has 0 bridgehead atoms. The molecular weight excluding hydrogens is 286 g/mol. The van der Waals surface area contributed by atoms with Gasteiger partial charge in [-0.25, -0.2) is 0 Å². The lowest BCUT2D eigenvalue weighted by Gasteiger charge is -2.22. The van der Waals surface area contributed by atoms with Crippen molar-refractivity contribution in [3.63, 3.8) is 0 Å². The van der Waals surface area contributed by atoms with Crippen molar-refractivity contribution in [1.29, 1.82) is 0 Å². The number of benzene rings is 1. The average molecular weight is 311 g/mol. The molecule has 4 heteroatoms. The maximum Gasteiger partial charge on any atom is 0.214 e. The molecule has 1 fully saturated rings. The number of nitrogens with one attached hydrogen (secondary N) is 1. The summed E-state index contributed by atoms with van der Waals surface area (Å²) in [7, 11) is 1.64. The van der Waals surface area contributed by atoms with Gasteiger partial charge in [0.25, 0.3) is 0 Å². The summed E-state index contributed by atoms with van der Waals surface area (Å²) in [6.07, 6.45) is 3.64. The largest absolute Gasteiger partial charge is 0.481 e. The Morgan fingerprint density at radius 3 is 2.65 bits per heavy atom. The molecule has 122 valence electrons. The minimum absolute atomic E-state index is 0.627. The second-order valence-electron chi connectivity index (χ2n) is 6.04. The first-order valence-electron chi connectivity index (χ1n) is 8.38. The number of anilines is 3. The number of methoxy groups -OCH3 is 1. The first-order valence-corrected chi connectivity index (χ1v) is 8.38. The van der Waals surface area contributed by atoms with Crippen molar-refractivity contribution >= 4 is 17.2 Å². The minimum Gasteiger partial charge on any atom is -0.481 e. The topological polar surface area (TPSA) is 37.4 Å². The predicted molar refractivity (Wildman–Crippen MR) is 96.1 cm³/mol. The van der Waals surface area contributed by atoms with Crippen LogP contribution in [0.15, 0.2) is 30.3 Å². The lowest BCUT2D eigenvalue weighted by atomic mass is 10.1. The first-order chi connectivity index (χ1) is 11.2. The van der Waals surface area contributed by atoms with Gasteiger partial charge >= 0.3 is 0 Å². The fourth-order valence-electron chi connectivity index (χ4n) is 3.10. The maximum absolute atomic E-state index is 5.22. The van der Waals surface area contributed by atoms with Gasteiger partial charge in [0.1, 0.15) is 5.82 Å². The number of pyridine rings is 1. The fourth-order valence-corrected chi connectivity index (χ4v) is 3.10. The number of aryl methyl sites for hydroxylation is 2. The summed E-state index contributed by atoms with van der Waals surface area (Å²) in [6, 6.07) is 10.5. The zero-order valence-electron chi connectivity index (χ0n) is 14.2. The molecule has 0 saturated carbocycles. The zero-order valence-corrected chi connectivity index (χ0v) is 14.2. The molecule has 23 heavy (non-hydrogen) atoms. The van der Waals surface area contributed by atoms with Crippen LogP contribution in [0.25, 0.3) is 0 Å². The van der Waals surface area contributed by atoms with Crippen LogP contribution in [0, 0.1) is 6.92 Å². The highest BCUT2D eigenvalue weighted by Crippen LogP contribution is 2.29. The van der Waals surface area contributed by atoms with E-state index in [1.165, 1.54) is 37.2 Å². The molecule has 4 nitrogen and oxygen atoms in total. The van der Waals surface area contributed by atoms with Gasteiger partial charge < -0.3 is 15.0 Å². The van der Waals surface area contributed by atoms with Crippen LogP contribution in [0.2, 0.25) is 0 Å². The van der Waals surface area contributed by atoms with E-state index in [1.54, 1.807) is 7.11 Å². The lowest BCUT2D eigenvalue weighted by molar-refractivity contribution is 0.398. The fraction of sp³-hybridized carbons (Fsp3) is 0.421. The van der Waals surface area contributed by atoms with Crippen molar-refractivity contribution in [2.45, 2.75) is 33.1 Å². The second-order valence-corrected chi connectivity index (χ2v) is 6.04. The van der Waals surface area contributed by atoms with Gasteiger partial charge in [-0.3, -0.25) is 0 Å². The molecule has 0 atom stereocenters. The van der Waals surface area contributed by atoms with Gasteiger partial charge in [0, 0.05) is 30.5 Å². The molecule has 0 unspecified atom stereocenters. The Hall–Kier alpha value is -2.23. The number of ether oxygens (including phenoxy) is 1. The summed E-state index contributed by atoms with van der Waals surface area (Å²) in [5.41, 5.74) is 4.95. The third-order valence-electron chi connectivity index (χ3n) is 4.45. The van der Waals surface area contributed by atoms with Crippen molar-refractivity contribution < 1.29 is 4.74 Å². The molecule has 3 rings (SSSR count). The Kier molecular flexibility index (Phi) is 4.70. The molecule has 2 heterocycles. The van der Waals surface area contributed by atoms with Crippen molar-refractivity contribution in [3.8, 4) is 5.88 Å². The number of nitrogens with zero attached hydrogens (tertiary/aromatic N) is 2. The van der Waals surface area contributed by atoms with Gasteiger partial charge in [-0.05, 0) is 55.5 Å². The number of hydrogen-bond donors (Lipinski definition) is 1. The highest BCUT2D eigenvalue weighted by molar-refractivity contribution is 5.66. The standard InChI is InChI=1S/C19H25N3O/c1-4-15-13-16(8-9-17(15)22-11-5-6-12-22)20-19-14(2)7-10-18(21-19)23-3/h7-10,13H,4-6,11-12H2,1-3H3,(H,20,21). The Labute approximate surface area is 138 Å². The van der Waals surface area contributed by atoms with E-state index in [-0.39, 0.29) is 0 Å². The molecule has 1 N–H and O–H groups in total. The lowest BCUT2D eigenvalue weighted by Crippen LogP contribution is -2.19. The van der Waals surface area contributed by atoms with E-state index in [0.29, 0.717) is 5.88 Å². The van der Waals surface area contributed by atoms with E-state index >= 15 is 0 Å². The van der Waals surface area contributed by atoms with Gasteiger partial charge in [0.15, 0.2) is 0 Å². The van der Waals surface area contributed by atoms with Crippen LogP contribution in [-0.4, -0.2) is 25.2 Å². The Bertz CT molecular complexity index is 678. The van der Waals surface area contributed by atoms with E-state index in [9.17, 15) is 0 Å². The minimum atomic E-state index is 0.627. The molecule has 0 radical (unpaired) electrons.